The van der Waals surface area contributed by atoms with Crippen molar-refractivity contribution >= 4 is 22.7 Å². The normalized spacial score (nSPS) is 19.4. The molecule has 0 radical (unpaired) electrons. The monoisotopic (exact) mass is 447 g/mol. The molecule has 1 unspecified atom stereocenters. The van der Waals surface area contributed by atoms with E-state index in [1.165, 1.54) is 10.9 Å². The third-order valence-electron chi connectivity index (χ3n) is 7.40. The molecule has 1 aliphatic carbocycles. The molecule has 2 aromatic heterocycles. The van der Waals surface area contributed by atoms with E-state index in [9.17, 15) is 9.59 Å². The quantitative estimate of drug-likeness (QED) is 0.516. The molecule has 3 heterocycles. The van der Waals surface area contributed by atoms with E-state index in [-0.39, 0.29) is 23.1 Å². The molecule has 2 fully saturated rings. The molecule has 5 rings (SSSR count). The first-order valence-corrected chi connectivity index (χ1v) is 12.1. The van der Waals surface area contributed by atoms with Crippen LogP contribution in [0.2, 0.25) is 0 Å². The van der Waals surface area contributed by atoms with Gasteiger partial charge in [0.2, 0.25) is 5.91 Å². The summed E-state index contributed by atoms with van der Waals surface area (Å²) >= 11 is 0. The van der Waals surface area contributed by atoms with Gasteiger partial charge in [-0.25, -0.2) is 0 Å². The highest BCUT2D eigenvalue weighted by Gasteiger charge is 2.58. The minimum absolute atomic E-state index is 0.00325. The van der Waals surface area contributed by atoms with Gasteiger partial charge in [-0.05, 0) is 61.1 Å². The maximum absolute atomic E-state index is 12.9. The smallest absolute Gasteiger partial charge is 0.274 e. The van der Waals surface area contributed by atoms with Gasteiger partial charge < -0.3 is 15.2 Å². The number of nitrogens with zero attached hydrogens (tertiary/aromatic N) is 2. The zero-order valence-electron chi connectivity index (χ0n) is 19.5. The third kappa shape index (κ3) is 4.41. The number of aromatic amines is 2. The number of para-hydroxylation sites is 1. The highest BCUT2D eigenvalue weighted by molar-refractivity contribution is 5.92. The fourth-order valence-corrected chi connectivity index (χ4v) is 5.39. The first kappa shape index (κ1) is 21.7. The van der Waals surface area contributed by atoms with Crippen molar-refractivity contribution in [1.29, 1.82) is 0 Å². The molecule has 33 heavy (non-hydrogen) atoms. The Bertz CT molecular complexity index is 1150. The molecule has 2 amide bonds. The van der Waals surface area contributed by atoms with Gasteiger partial charge in [-0.2, -0.15) is 5.10 Å². The van der Waals surface area contributed by atoms with E-state index in [4.69, 9.17) is 0 Å². The number of likely N-dealkylation sites (tertiary alicyclic amines) is 1. The van der Waals surface area contributed by atoms with Gasteiger partial charge in [-0.3, -0.25) is 14.7 Å². The molecule has 174 valence electrons. The summed E-state index contributed by atoms with van der Waals surface area (Å²) in [4.78, 5) is 30.8. The van der Waals surface area contributed by atoms with E-state index in [1.807, 2.05) is 29.3 Å². The molecule has 1 spiro atoms. The second-order valence-corrected chi connectivity index (χ2v) is 10.2. The maximum atomic E-state index is 12.9. The Balaban J connectivity index is 1.09. The number of carbonyl (C=O) groups excluding carboxylic acids is 2. The number of rotatable bonds is 7. The van der Waals surface area contributed by atoms with E-state index in [0.717, 1.165) is 43.3 Å². The van der Waals surface area contributed by atoms with E-state index < -0.39 is 0 Å². The van der Waals surface area contributed by atoms with Crippen LogP contribution in [0, 0.1) is 17.3 Å². The molecule has 7 heteroatoms. The van der Waals surface area contributed by atoms with Crippen molar-refractivity contribution in [1.82, 2.24) is 25.4 Å². The van der Waals surface area contributed by atoms with Gasteiger partial charge >= 0.3 is 0 Å². The summed E-state index contributed by atoms with van der Waals surface area (Å²) in [6, 6.07) is 10.1. The second-order valence-electron chi connectivity index (χ2n) is 10.2. The van der Waals surface area contributed by atoms with Crippen molar-refractivity contribution in [2.75, 3.05) is 19.6 Å². The van der Waals surface area contributed by atoms with Crippen LogP contribution in [-0.4, -0.2) is 51.5 Å². The molecular formula is C26H33N5O2. The predicted octanol–water partition coefficient (Wildman–Crippen LogP) is 3.69. The van der Waals surface area contributed by atoms with Crippen LogP contribution in [0.5, 0.6) is 0 Å². The predicted molar refractivity (Wildman–Crippen MR) is 128 cm³/mol. The lowest BCUT2D eigenvalue weighted by molar-refractivity contribution is -0.123. The Morgan fingerprint density at radius 1 is 1.24 bits per heavy atom. The lowest BCUT2D eigenvalue weighted by atomic mass is 9.90. The van der Waals surface area contributed by atoms with Gasteiger partial charge in [0.15, 0.2) is 0 Å². The van der Waals surface area contributed by atoms with Crippen molar-refractivity contribution in [2.45, 2.75) is 46.0 Å². The molecule has 3 N–H and O–H groups in total. The van der Waals surface area contributed by atoms with Crippen LogP contribution in [0.3, 0.4) is 0 Å². The summed E-state index contributed by atoms with van der Waals surface area (Å²) in [5.74, 6) is 0.765. The standard InChI is InChI=1S/C26H33N5O2/c1-17(2)13-19-14-23(30-29-19)25(33)31-11-8-26(9-12-31)15-21(26)24(32)27-10-7-18-16-28-22-6-4-3-5-20(18)22/h3-6,14,16-17,21,28H,7-13,15H2,1-2H3,(H,27,32)(H,29,30). The van der Waals surface area contributed by atoms with Crippen molar-refractivity contribution in [3.63, 3.8) is 0 Å². The van der Waals surface area contributed by atoms with E-state index in [2.05, 4.69) is 46.5 Å². The second kappa shape index (κ2) is 8.69. The molecule has 7 nitrogen and oxygen atoms in total. The van der Waals surface area contributed by atoms with Crippen LogP contribution in [0.15, 0.2) is 36.5 Å². The number of nitrogens with one attached hydrogen (secondary N) is 3. The Morgan fingerprint density at radius 3 is 2.82 bits per heavy atom. The SMILES string of the molecule is CC(C)Cc1cc(C(=O)N2CCC3(CC2)CC3C(=O)NCCc2c[nH]c3ccccc23)n[nH]1. The molecule has 3 aromatic rings. The number of benzene rings is 1. The number of carbonyl (C=O) groups is 2. The van der Waals surface area contributed by atoms with Crippen LogP contribution in [0.1, 0.15) is 54.9 Å². The van der Waals surface area contributed by atoms with Gasteiger partial charge in [0.05, 0.1) is 0 Å². The van der Waals surface area contributed by atoms with Crippen LogP contribution in [-0.2, 0) is 17.6 Å². The van der Waals surface area contributed by atoms with E-state index >= 15 is 0 Å². The summed E-state index contributed by atoms with van der Waals surface area (Å²) in [5, 5.41) is 11.6. The van der Waals surface area contributed by atoms with Gasteiger partial charge in [0, 0.05) is 48.3 Å². The summed E-state index contributed by atoms with van der Waals surface area (Å²) < 4.78 is 0. The fourth-order valence-electron chi connectivity index (χ4n) is 5.39. The van der Waals surface area contributed by atoms with Crippen LogP contribution < -0.4 is 5.32 Å². The molecule has 1 saturated heterocycles. The zero-order chi connectivity index (χ0) is 23.0. The Labute approximate surface area is 194 Å². The lowest BCUT2D eigenvalue weighted by Gasteiger charge is -2.32. The maximum Gasteiger partial charge on any atom is 0.274 e. The van der Waals surface area contributed by atoms with Gasteiger partial charge in [0.25, 0.3) is 5.91 Å². The lowest BCUT2D eigenvalue weighted by Crippen LogP contribution is -2.41. The van der Waals surface area contributed by atoms with Crippen LogP contribution >= 0.6 is 0 Å². The Hall–Kier alpha value is -3.09. The summed E-state index contributed by atoms with van der Waals surface area (Å²) in [5.41, 5.74) is 3.96. The highest BCUT2D eigenvalue weighted by atomic mass is 16.2. The molecule has 0 bridgehead atoms. The van der Waals surface area contributed by atoms with Gasteiger partial charge in [-0.1, -0.05) is 32.0 Å². The number of piperidine rings is 1. The minimum Gasteiger partial charge on any atom is -0.361 e. The first-order chi connectivity index (χ1) is 15.9. The third-order valence-corrected chi connectivity index (χ3v) is 7.40. The molecular weight excluding hydrogens is 414 g/mol. The molecule has 1 aromatic carbocycles. The van der Waals surface area contributed by atoms with Crippen molar-refractivity contribution in [3.8, 4) is 0 Å². The number of amides is 2. The van der Waals surface area contributed by atoms with E-state index in [0.29, 0.717) is 31.2 Å². The van der Waals surface area contributed by atoms with Gasteiger partial charge in [0.1, 0.15) is 5.69 Å². The average Bonchev–Trinajstić information content (AvgIpc) is 3.11. The number of hydrogen-bond acceptors (Lipinski definition) is 3. The number of fused-ring (bicyclic) bond motifs is 1. The zero-order valence-corrected chi connectivity index (χ0v) is 19.5. The van der Waals surface area contributed by atoms with Crippen molar-refractivity contribution in [2.24, 2.45) is 17.3 Å². The fraction of sp³-hybridized carbons (Fsp3) is 0.500. The summed E-state index contributed by atoms with van der Waals surface area (Å²) in [6.45, 7) is 6.35. The summed E-state index contributed by atoms with van der Waals surface area (Å²) in [6.07, 6.45) is 6.47. The largest absolute Gasteiger partial charge is 0.361 e. The minimum atomic E-state index is -0.00325. The number of H-pyrrole nitrogens is 2. The van der Waals surface area contributed by atoms with Crippen LogP contribution in [0.4, 0.5) is 0 Å². The molecule has 2 aliphatic rings. The number of hydrogen-bond donors (Lipinski definition) is 3. The molecule has 1 aliphatic heterocycles. The van der Waals surface area contributed by atoms with Crippen LogP contribution in [0.25, 0.3) is 10.9 Å². The molecule has 1 saturated carbocycles. The highest BCUT2D eigenvalue weighted by Crippen LogP contribution is 2.59. The van der Waals surface area contributed by atoms with E-state index in [1.54, 1.807) is 0 Å². The van der Waals surface area contributed by atoms with Crippen molar-refractivity contribution in [3.05, 3.63) is 53.5 Å². The molecule has 1 atom stereocenters. The topological polar surface area (TPSA) is 93.9 Å². The van der Waals surface area contributed by atoms with Crippen molar-refractivity contribution < 1.29 is 9.59 Å². The average molecular weight is 448 g/mol. The Kier molecular flexibility index (Phi) is 5.72. The van der Waals surface area contributed by atoms with Gasteiger partial charge in [-0.15, -0.1) is 0 Å². The summed E-state index contributed by atoms with van der Waals surface area (Å²) in [7, 11) is 0. The first-order valence-electron chi connectivity index (χ1n) is 12.1. The Morgan fingerprint density at radius 2 is 2.03 bits per heavy atom. The number of aromatic nitrogens is 3.